The lowest BCUT2D eigenvalue weighted by molar-refractivity contribution is -0.384. The molecule has 2 N–H and O–H groups in total. The van der Waals surface area contributed by atoms with Crippen molar-refractivity contribution in [3.8, 4) is 0 Å². The van der Waals surface area contributed by atoms with Gasteiger partial charge in [0.05, 0.1) is 22.2 Å². The minimum atomic E-state index is -0.551. The number of amides is 1. The molecular weight excluding hydrogens is 353 g/mol. The Morgan fingerprint density at radius 3 is 2.54 bits per heavy atom. The van der Waals surface area contributed by atoms with Crippen molar-refractivity contribution >= 4 is 40.5 Å². The Labute approximate surface area is 148 Å². The number of hydrogen-bond donors (Lipinski definition) is 2. The highest BCUT2D eigenvalue weighted by Crippen LogP contribution is 2.26. The van der Waals surface area contributed by atoms with E-state index in [0.29, 0.717) is 10.7 Å². The number of benzene rings is 2. The number of nitro benzene ring substituents is 1. The summed E-state index contributed by atoms with van der Waals surface area (Å²) in [6.45, 7) is 1.94. The van der Waals surface area contributed by atoms with Crippen molar-refractivity contribution in [2.24, 2.45) is 0 Å². The van der Waals surface area contributed by atoms with Crippen LogP contribution in [0.25, 0.3) is 0 Å². The summed E-state index contributed by atoms with van der Waals surface area (Å²) in [4.78, 5) is 22.1. The Balaban J connectivity index is 1.94. The predicted octanol–water partition coefficient (Wildman–Crippen LogP) is 4.19. The fourth-order valence-corrected chi connectivity index (χ4v) is 2.62. The third-order valence-corrected chi connectivity index (χ3v) is 4.04. The second-order valence-electron chi connectivity index (χ2n) is 5.09. The van der Waals surface area contributed by atoms with Crippen LogP contribution in [-0.4, -0.2) is 17.4 Å². The zero-order valence-electron chi connectivity index (χ0n) is 12.8. The van der Waals surface area contributed by atoms with Crippen molar-refractivity contribution in [3.05, 3.63) is 68.2 Å². The summed E-state index contributed by atoms with van der Waals surface area (Å²) in [5.74, 6) is -0.315. The van der Waals surface area contributed by atoms with Gasteiger partial charge in [-0.25, -0.2) is 0 Å². The van der Waals surface area contributed by atoms with Crippen molar-refractivity contribution in [1.29, 1.82) is 0 Å². The van der Waals surface area contributed by atoms with Gasteiger partial charge in [0, 0.05) is 23.2 Å². The normalized spacial score (nSPS) is 11.8. The van der Waals surface area contributed by atoms with Crippen LogP contribution in [0.4, 0.5) is 11.4 Å². The molecule has 0 aliphatic rings. The maximum absolute atomic E-state index is 12.0. The summed E-state index contributed by atoms with van der Waals surface area (Å²) in [5.41, 5.74) is 1.07. The molecular formula is C16H15Cl2N3O3. The molecule has 0 aliphatic carbocycles. The van der Waals surface area contributed by atoms with Crippen molar-refractivity contribution in [3.63, 3.8) is 0 Å². The largest absolute Gasteiger partial charge is 0.324 e. The van der Waals surface area contributed by atoms with Gasteiger partial charge in [0.25, 0.3) is 5.69 Å². The molecule has 8 heteroatoms. The minimum absolute atomic E-state index is 0.0414. The maximum atomic E-state index is 12.0. The SMILES string of the molecule is C[C@@H](NCC(=O)Nc1ccc([N+](=O)[O-])cc1Cl)c1ccccc1Cl. The number of anilines is 1. The summed E-state index contributed by atoms with van der Waals surface area (Å²) in [7, 11) is 0. The van der Waals surface area contributed by atoms with E-state index in [4.69, 9.17) is 23.2 Å². The van der Waals surface area contributed by atoms with Crippen molar-refractivity contribution < 1.29 is 9.72 Å². The van der Waals surface area contributed by atoms with Crippen LogP contribution in [0.1, 0.15) is 18.5 Å². The highest BCUT2D eigenvalue weighted by atomic mass is 35.5. The van der Waals surface area contributed by atoms with Crippen molar-refractivity contribution in [1.82, 2.24) is 5.32 Å². The van der Waals surface area contributed by atoms with Gasteiger partial charge in [-0.15, -0.1) is 0 Å². The van der Waals surface area contributed by atoms with E-state index in [1.54, 1.807) is 6.07 Å². The molecule has 0 aliphatic heterocycles. The highest BCUT2D eigenvalue weighted by Gasteiger charge is 2.13. The standard InChI is InChI=1S/C16H15Cl2N3O3/c1-10(12-4-2-3-5-13(12)17)19-9-16(22)20-15-7-6-11(21(23)24)8-14(15)18/h2-8,10,19H,9H2,1H3,(H,20,22)/t10-/m1/s1. The second-order valence-corrected chi connectivity index (χ2v) is 5.91. The molecule has 2 aromatic rings. The van der Waals surface area contributed by atoms with Gasteiger partial charge in [0.15, 0.2) is 0 Å². The van der Waals surface area contributed by atoms with E-state index in [1.807, 2.05) is 25.1 Å². The lowest BCUT2D eigenvalue weighted by Crippen LogP contribution is -2.30. The number of non-ortho nitro benzene ring substituents is 1. The molecule has 0 bridgehead atoms. The quantitative estimate of drug-likeness (QED) is 0.592. The summed E-state index contributed by atoms with van der Waals surface area (Å²) in [5, 5.41) is 17.1. The van der Waals surface area contributed by atoms with E-state index >= 15 is 0 Å². The Bertz CT molecular complexity index is 768. The summed E-state index contributed by atoms with van der Waals surface area (Å²) in [6, 6.07) is 11.1. The number of carbonyl (C=O) groups excluding carboxylic acids is 1. The fourth-order valence-electron chi connectivity index (χ4n) is 2.10. The molecule has 2 rings (SSSR count). The molecule has 0 radical (unpaired) electrons. The molecule has 0 heterocycles. The zero-order valence-corrected chi connectivity index (χ0v) is 14.3. The van der Waals surface area contributed by atoms with Crippen molar-refractivity contribution in [2.45, 2.75) is 13.0 Å². The van der Waals surface area contributed by atoms with E-state index in [1.165, 1.54) is 18.2 Å². The molecule has 0 saturated carbocycles. The number of nitrogens with one attached hydrogen (secondary N) is 2. The Morgan fingerprint density at radius 2 is 1.92 bits per heavy atom. The van der Waals surface area contributed by atoms with Gasteiger partial charge >= 0.3 is 0 Å². The third kappa shape index (κ3) is 4.67. The van der Waals surface area contributed by atoms with Crippen molar-refractivity contribution in [2.75, 3.05) is 11.9 Å². The van der Waals surface area contributed by atoms with Crippen LogP contribution in [0.5, 0.6) is 0 Å². The third-order valence-electron chi connectivity index (χ3n) is 3.38. The number of hydrogen-bond acceptors (Lipinski definition) is 4. The molecule has 0 saturated heterocycles. The first-order valence-corrected chi connectivity index (χ1v) is 7.85. The number of rotatable bonds is 6. The predicted molar refractivity (Wildman–Crippen MR) is 94.6 cm³/mol. The molecule has 0 fully saturated rings. The zero-order chi connectivity index (χ0) is 17.7. The lowest BCUT2D eigenvalue weighted by Gasteiger charge is -2.15. The van der Waals surface area contributed by atoms with Crippen LogP contribution in [0, 0.1) is 10.1 Å². The van der Waals surface area contributed by atoms with Gasteiger partial charge in [-0.1, -0.05) is 41.4 Å². The Kier molecular flexibility index (Phi) is 6.14. The first-order chi connectivity index (χ1) is 11.4. The van der Waals surface area contributed by atoms with Gasteiger partial charge < -0.3 is 10.6 Å². The lowest BCUT2D eigenvalue weighted by atomic mass is 10.1. The molecule has 0 spiro atoms. The van der Waals surface area contributed by atoms with Crippen LogP contribution < -0.4 is 10.6 Å². The molecule has 1 amide bonds. The number of halogens is 2. The molecule has 126 valence electrons. The Morgan fingerprint density at radius 1 is 1.21 bits per heavy atom. The van der Waals surface area contributed by atoms with Crippen LogP contribution in [0.3, 0.4) is 0 Å². The monoisotopic (exact) mass is 367 g/mol. The Hall–Kier alpha value is -2.15. The van der Waals surface area contributed by atoms with E-state index in [2.05, 4.69) is 10.6 Å². The minimum Gasteiger partial charge on any atom is -0.324 e. The summed E-state index contributed by atoms with van der Waals surface area (Å²) in [6.07, 6.45) is 0. The average Bonchev–Trinajstić information content (AvgIpc) is 2.54. The van der Waals surface area contributed by atoms with Crippen LogP contribution >= 0.6 is 23.2 Å². The molecule has 24 heavy (non-hydrogen) atoms. The van der Waals surface area contributed by atoms with E-state index in [9.17, 15) is 14.9 Å². The van der Waals surface area contributed by atoms with E-state index in [-0.39, 0.29) is 29.2 Å². The van der Waals surface area contributed by atoms with Gasteiger partial charge in [0.2, 0.25) is 5.91 Å². The average molecular weight is 368 g/mol. The number of nitrogens with zero attached hydrogens (tertiary/aromatic N) is 1. The topological polar surface area (TPSA) is 84.3 Å². The first kappa shape index (κ1) is 18.2. The summed E-state index contributed by atoms with van der Waals surface area (Å²) < 4.78 is 0. The van der Waals surface area contributed by atoms with Gasteiger partial charge in [0.1, 0.15) is 0 Å². The van der Waals surface area contributed by atoms with Crippen LogP contribution in [0.2, 0.25) is 10.0 Å². The van der Waals surface area contributed by atoms with Crippen LogP contribution in [0.15, 0.2) is 42.5 Å². The van der Waals surface area contributed by atoms with Crippen LogP contribution in [-0.2, 0) is 4.79 Å². The van der Waals surface area contributed by atoms with E-state index < -0.39 is 4.92 Å². The van der Waals surface area contributed by atoms with Gasteiger partial charge in [-0.05, 0) is 24.6 Å². The number of nitro groups is 1. The molecule has 1 atom stereocenters. The number of carbonyl (C=O) groups is 1. The molecule has 0 aromatic heterocycles. The van der Waals surface area contributed by atoms with Gasteiger partial charge in [-0.3, -0.25) is 14.9 Å². The second kappa shape index (κ2) is 8.10. The molecule has 2 aromatic carbocycles. The van der Waals surface area contributed by atoms with E-state index in [0.717, 1.165) is 5.56 Å². The first-order valence-electron chi connectivity index (χ1n) is 7.10. The maximum Gasteiger partial charge on any atom is 0.271 e. The van der Waals surface area contributed by atoms with Gasteiger partial charge in [-0.2, -0.15) is 0 Å². The molecule has 6 nitrogen and oxygen atoms in total. The fraction of sp³-hybridized carbons (Fsp3) is 0.188. The molecule has 0 unspecified atom stereocenters. The smallest absolute Gasteiger partial charge is 0.271 e. The summed E-state index contributed by atoms with van der Waals surface area (Å²) >= 11 is 12.1. The highest BCUT2D eigenvalue weighted by molar-refractivity contribution is 6.34.